The van der Waals surface area contributed by atoms with E-state index >= 15 is 0 Å². The number of carbonyl (C=O) groups is 1. The van der Waals surface area contributed by atoms with E-state index in [1.54, 1.807) is 11.5 Å². The molecule has 2 aromatic heterocycles. The lowest BCUT2D eigenvalue weighted by atomic mass is 9.93. The van der Waals surface area contributed by atoms with Crippen molar-refractivity contribution in [3.05, 3.63) is 89.4 Å². The highest BCUT2D eigenvalue weighted by atomic mass is 32.1. The Balaban J connectivity index is 1.95. The second kappa shape index (κ2) is 9.22. The molecule has 6 nitrogen and oxygen atoms in total. The van der Waals surface area contributed by atoms with Crippen molar-refractivity contribution in [2.45, 2.75) is 53.5 Å². The Morgan fingerprint density at radius 1 is 1.21 bits per heavy atom. The van der Waals surface area contributed by atoms with Crippen molar-refractivity contribution >= 4 is 23.4 Å². The van der Waals surface area contributed by atoms with Gasteiger partial charge in [-0.1, -0.05) is 49.4 Å². The maximum absolute atomic E-state index is 13.7. The highest BCUT2D eigenvalue weighted by Gasteiger charge is 2.33. The van der Waals surface area contributed by atoms with Gasteiger partial charge in [0.25, 0.3) is 5.56 Å². The number of aryl methyl sites for hydroxylation is 1. The fraction of sp³-hybridized carbons (Fsp3) is 0.370. The zero-order valence-corrected chi connectivity index (χ0v) is 21.6. The van der Waals surface area contributed by atoms with Crippen LogP contribution in [0.2, 0.25) is 0 Å². The van der Waals surface area contributed by atoms with Crippen molar-refractivity contribution < 1.29 is 9.53 Å². The van der Waals surface area contributed by atoms with Crippen LogP contribution in [-0.4, -0.2) is 21.7 Å². The smallest absolute Gasteiger partial charge is 0.338 e. The minimum atomic E-state index is -0.586. The molecule has 0 spiro atoms. The van der Waals surface area contributed by atoms with Gasteiger partial charge in [0.05, 0.1) is 28.5 Å². The maximum atomic E-state index is 13.7. The van der Waals surface area contributed by atoms with Crippen LogP contribution in [0.4, 0.5) is 0 Å². The van der Waals surface area contributed by atoms with E-state index in [1.165, 1.54) is 16.9 Å². The van der Waals surface area contributed by atoms with E-state index in [0.29, 0.717) is 26.5 Å². The van der Waals surface area contributed by atoms with Crippen molar-refractivity contribution in [3.63, 3.8) is 0 Å². The number of esters is 1. The summed E-state index contributed by atoms with van der Waals surface area (Å²) in [7, 11) is 2.01. The van der Waals surface area contributed by atoms with E-state index in [0.717, 1.165) is 22.5 Å². The van der Waals surface area contributed by atoms with Crippen LogP contribution in [0.25, 0.3) is 6.08 Å². The predicted octanol–water partition coefficient (Wildman–Crippen LogP) is 3.88. The molecule has 0 saturated carbocycles. The largest absolute Gasteiger partial charge is 0.463 e. The molecular formula is C27H31N3O3S. The molecule has 7 heteroatoms. The van der Waals surface area contributed by atoms with Gasteiger partial charge < -0.3 is 9.30 Å². The molecule has 0 amide bonds. The highest BCUT2D eigenvalue weighted by Crippen LogP contribution is 2.31. The fourth-order valence-corrected chi connectivity index (χ4v) is 5.38. The molecule has 0 aliphatic carbocycles. The minimum Gasteiger partial charge on any atom is -0.463 e. The summed E-state index contributed by atoms with van der Waals surface area (Å²) >= 11 is 1.35. The summed E-state index contributed by atoms with van der Waals surface area (Å²) < 4.78 is 9.71. The first kappa shape index (κ1) is 24.0. The normalized spacial score (nSPS) is 16.1. The third kappa shape index (κ3) is 4.09. The number of carbonyl (C=O) groups excluding carboxylic acids is 1. The Morgan fingerprint density at radius 3 is 2.44 bits per heavy atom. The van der Waals surface area contributed by atoms with Crippen LogP contribution in [-0.2, 0) is 16.6 Å². The van der Waals surface area contributed by atoms with Crippen molar-refractivity contribution in [1.82, 2.24) is 9.13 Å². The molecule has 3 heterocycles. The molecule has 0 bridgehead atoms. The van der Waals surface area contributed by atoms with E-state index in [4.69, 9.17) is 4.74 Å². The van der Waals surface area contributed by atoms with E-state index in [2.05, 4.69) is 41.6 Å². The van der Waals surface area contributed by atoms with E-state index in [1.807, 2.05) is 46.0 Å². The van der Waals surface area contributed by atoms with Gasteiger partial charge in [-0.05, 0) is 62.4 Å². The summed E-state index contributed by atoms with van der Waals surface area (Å²) in [6, 6.07) is 9.61. The number of thiazole rings is 1. The summed E-state index contributed by atoms with van der Waals surface area (Å²) in [5, 5.41) is 0. The molecule has 34 heavy (non-hydrogen) atoms. The maximum Gasteiger partial charge on any atom is 0.338 e. The molecule has 1 aliphatic heterocycles. The number of hydrogen-bond donors (Lipinski definition) is 0. The van der Waals surface area contributed by atoms with Gasteiger partial charge in [0.2, 0.25) is 0 Å². The van der Waals surface area contributed by atoms with Gasteiger partial charge in [-0.15, -0.1) is 0 Å². The van der Waals surface area contributed by atoms with Crippen LogP contribution in [0.5, 0.6) is 0 Å². The van der Waals surface area contributed by atoms with Crippen LogP contribution >= 0.6 is 11.3 Å². The summed E-state index contributed by atoms with van der Waals surface area (Å²) in [6.07, 6.45) is 1.93. The Morgan fingerprint density at radius 2 is 1.88 bits per heavy atom. The Kier molecular flexibility index (Phi) is 6.49. The molecule has 1 aromatic carbocycles. The van der Waals surface area contributed by atoms with Crippen molar-refractivity contribution in [2.24, 2.45) is 12.0 Å². The van der Waals surface area contributed by atoms with Crippen LogP contribution < -0.4 is 14.9 Å². The van der Waals surface area contributed by atoms with Crippen LogP contribution in [0.1, 0.15) is 67.7 Å². The van der Waals surface area contributed by atoms with E-state index in [9.17, 15) is 9.59 Å². The van der Waals surface area contributed by atoms with Gasteiger partial charge in [-0.2, -0.15) is 0 Å². The summed E-state index contributed by atoms with van der Waals surface area (Å²) in [6.45, 7) is 12.2. The molecule has 0 N–H and O–H groups in total. The highest BCUT2D eigenvalue weighted by molar-refractivity contribution is 7.07. The summed E-state index contributed by atoms with van der Waals surface area (Å²) in [5.74, 6) is -0.0547. The topological polar surface area (TPSA) is 65.6 Å². The minimum absolute atomic E-state index is 0.156. The molecule has 0 radical (unpaired) electrons. The predicted molar refractivity (Wildman–Crippen MR) is 136 cm³/mol. The van der Waals surface area contributed by atoms with Crippen LogP contribution in [0, 0.1) is 13.8 Å². The van der Waals surface area contributed by atoms with Gasteiger partial charge in [0.1, 0.15) is 0 Å². The summed E-state index contributed by atoms with van der Waals surface area (Å²) in [4.78, 5) is 32.0. The Bertz CT molecular complexity index is 1470. The van der Waals surface area contributed by atoms with Crippen LogP contribution in [0.15, 0.2) is 51.4 Å². The molecule has 0 saturated heterocycles. The van der Waals surface area contributed by atoms with Crippen molar-refractivity contribution in [1.29, 1.82) is 0 Å². The van der Waals surface area contributed by atoms with E-state index < -0.39 is 12.0 Å². The zero-order chi connectivity index (χ0) is 24.7. The number of fused-ring (bicyclic) bond motifs is 1. The molecule has 1 atom stereocenters. The molecule has 0 fully saturated rings. The first-order chi connectivity index (χ1) is 16.1. The number of rotatable bonds is 5. The Labute approximate surface area is 203 Å². The van der Waals surface area contributed by atoms with Crippen molar-refractivity contribution in [3.8, 4) is 0 Å². The van der Waals surface area contributed by atoms with Gasteiger partial charge in [0.15, 0.2) is 4.80 Å². The first-order valence-corrected chi connectivity index (χ1v) is 12.4. The first-order valence-electron chi connectivity index (χ1n) is 11.6. The molecule has 1 aliphatic rings. The number of ether oxygens (including phenoxy) is 1. The number of benzene rings is 1. The van der Waals surface area contributed by atoms with Gasteiger partial charge >= 0.3 is 5.97 Å². The number of nitrogens with zero attached hydrogens (tertiary/aromatic N) is 3. The second-order valence-corrected chi connectivity index (χ2v) is 10.0. The molecular weight excluding hydrogens is 446 g/mol. The zero-order valence-electron chi connectivity index (χ0n) is 20.8. The van der Waals surface area contributed by atoms with Gasteiger partial charge in [0, 0.05) is 18.4 Å². The SMILES string of the molecule is CCOC(=O)C1=C(C)N=c2sc(=Cc3cc(C)n(C)c3C)c(=O)n2[C@H]1c1ccc(C(C)C)cc1. The summed E-state index contributed by atoms with van der Waals surface area (Å²) in [5.41, 5.74) is 6.11. The molecule has 0 unspecified atom stereocenters. The fourth-order valence-electron chi connectivity index (χ4n) is 4.34. The van der Waals surface area contributed by atoms with Crippen molar-refractivity contribution in [2.75, 3.05) is 6.61 Å². The third-order valence-electron chi connectivity index (χ3n) is 6.54. The van der Waals surface area contributed by atoms with Gasteiger partial charge in [-0.3, -0.25) is 9.36 Å². The lowest BCUT2D eigenvalue weighted by molar-refractivity contribution is -0.139. The van der Waals surface area contributed by atoms with Crippen LogP contribution in [0.3, 0.4) is 0 Å². The third-order valence-corrected chi connectivity index (χ3v) is 7.52. The number of aromatic nitrogens is 2. The average molecular weight is 478 g/mol. The average Bonchev–Trinajstić information content (AvgIpc) is 3.23. The standard InChI is InChI=1S/C27H31N3O3S/c1-8-33-26(32)23-17(5)28-27-30(24(23)20-11-9-19(10-12-20)15(2)3)25(31)22(34-27)14-21-13-16(4)29(7)18(21)6/h9-15,24H,8H2,1-7H3/t24-/m0/s1. The van der Waals surface area contributed by atoms with E-state index in [-0.39, 0.29) is 12.2 Å². The molecule has 178 valence electrons. The molecule has 3 aromatic rings. The number of allylic oxidation sites excluding steroid dienone is 1. The number of hydrogen-bond acceptors (Lipinski definition) is 5. The lowest BCUT2D eigenvalue weighted by Gasteiger charge is -2.25. The monoisotopic (exact) mass is 477 g/mol. The van der Waals surface area contributed by atoms with Gasteiger partial charge in [-0.25, -0.2) is 9.79 Å². The second-order valence-electron chi connectivity index (χ2n) is 9.01. The quantitative estimate of drug-likeness (QED) is 0.524. The lowest BCUT2D eigenvalue weighted by Crippen LogP contribution is -2.39. The Hall–Kier alpha value is -3.19. The molecule has 4 rings (SSSR count).